The Morgan fingerprint density at radius 1 is 0.897 bits per heavy atom. The van der Waals surface area contributed by atoms with Crippen molar-refractivity contribution in [3.63, 3.8) is 0 Å². The average Bonchev–Trinajstić information content (AvgIpc) is 2.73. The quantitative estimate of drug-likeness (QED) is 0.426. The molecule has 6 nitrogen and oxygen atoms in total. The van der Waals surface area contributed by atoms with Crippen molar-refractivity contribution in [1.82, 2.24) is 0 Å². The number of aliphatic carboxylic acids is 1. The van der Waals surface area contributed by atoms with Crippen LogP contribution in [-0.2, 0) is 23.9 Å². The molecule has 2 rings (SSSR count). The predicted octanol–water partition coefficient (Wildman–Crippen LogP) is 4.37. The van der Waals surface area contributed by atoms with Crippen LogP contribution < -0.4 is 0 Å². The van der Waals surface area contributed by atoms with Crippen molar-refractivity contribution in [2.24, 2.45) is 29.6 Å². The highest BCUT2D eigenvalue weighted by Crippen LogP contribution is 2.41. The first kappa shape index (κ1) is 23.4. The molecule has 0 spiro atoms. The summed E-state index contributed by atoms with van der Waals surface area (Å²) in [5.41, 5.74) is 0. The molecule has 2 aliphatic rings. The lowest BCUT2D eigenvalue weighted by Gasteiger charge is -2.36. The van der Waals surface area contributed by atoms with Gasteiger partial charge in [-0.15, -0.1) is 0 Å². The largest absolute Gasteiger partial charge is 0.481 e. The Kier molecular flexibility index (Phi) is 9.68. The van der Waals surface area contributed by atoms with Crippen LogP contribution in [0.5, 0.6) is 0 Å². The van der Waals surface area contributed by atoms with Gasteiger partial charge in [0.1, 0.15) is 0 Å². The monoisotopic (exact) mass is 408 g/mol. The first-order valence-electron chi connectivity index (χ1n) is 11.1. The summed E-state index contributed by atoms with van der Waals surface area (Å²) < 4.78 is 10.5. The maximum Gasteiger partial charge on any atom is 0.330 e. The Morgan fingerprint density at radius 2 is 1.38 bits per heavy atom. The van der Waals surface area contributed by atoms with E-state index in [1.807, 2.05) is 0 Å². The number of carbonyl (C=O) groups is 3. The van der Waals surface area contributed by atoms with Gasteiger partial charge in [0.05, 0.1) is 25.0 Å². The minimum atomic E-state index is -0.651. The molecule has 0 heterocycles. The van der Waals surface area contributed by atoms with E-state index in [-0.39, 0.29) is 17.8 Å². The Hall–Kier alpha value is -1.85. The summed E-state index contributed by atoms with van der Waals surface area (Å²) in [7, 11) is 0. The van der Waals surface area contributed by atoms with Crippen molar-refractivity contribution in [1.29, 1.82) is 0 Å². The molecular weight excluding hydrogens is 372 g/mol. The van der Waals surface area contributed by atoms with E-state index in [2.05, 4.69) is 13.5 Å². The molecule has 0 amide bonds. The normalized spacial score (nSPS) is 28.2. The molecule has 0 radical (unpaired) electrons. The van der Waals surface area contributed by atoms with Crippen molar-refractivity contribution < 1.29 is 29.0 Å². The highest BCUT2D eigenvalue weighted by molar-refractivity contribution is 5.81. The highest BCUT2D eigenvalue weighted by Gasteiger charge is 2.34. The van der Waals surface area contributed by atoms with Crippen LogP contribution in [0.25, 0.3) is 0 Å². The van der Waals surface area contributed by atoms with Crippen molar-refractivity contribution in [2.45, 2.75) is 71.1 Å². The van der Waals surface area contributed by atoms with Gasteiger partial charge in [0, 0.05) is 6.08 Å². The van der Waals surface area contributed by atoms with E-state index in [0.29, 0.717) is 31.0 Å². The number of esters is 2. The van der Waals surface area contributed by atoms with Gasteiger partial charge in [0.15, 0.2) is 0 Å². The van der Waals surface area contributed by atoms with E-state index in [9.17, 15) is 14.4 Å². The molecule has 2 aliphatic carbocycles. The molecule has 2 saturated carbocycles. The molecule has 0 aromatic rings. The van der Waals surface area contributed by atoms with E-state index >= 15 is 0 Å². The van der Waals surface area contributed by atoms with E-state index in [4.69, 9.17) is 14.6 Å². The van der Waals surface area contributed by atoms with Crippen LogP contribution in [0.1, 0.15) is 71.1 Å². The van der Waals surface area contributed by atoms with Gasteiger partial charge in [-0.1, -0.05) is 13.5 Å². The Morgan fingerprint density at radius 3 is 1.86 bits per heavy atom. The van der Waals surface area contributed by atoms with Crippen molar-refractivity contribution in [3.05, 3.63) is 12.7 Å². The molecule has 6 heteroatoms. The summed E-state index contributed by atoms with van der Waals surface area (Å²) in [5.74, 6) is 0.279. The summed E-state index contributed by atoms with van der Waals surface area (Å²) >= 11 is 0. The van der Waals surface area contributed by atoms with E-state index < -0.39 is 11.9 Å². The van der Waals surface area contributed by atoms with Gasteiger partial charge >= 0.3 is 17.9 Å². The molecule has 1 N–H and O–H groups in total. The van der Waals surface area contributed by atoms with Crippen LogP contribution in [0, 0.1) is 29.6 Å². The minimum absolute atomic E-state index is 0.00506. The topological polar surface area (TPSA) is 89.9 Å². The van der Waals surface area contributed by atoms with Gasteiger partial charge < -0.3 is 14.6 Å². The standard InChI is InChI=1S/C23H36O6/c1-3-21(24)28-14-12-16(2)13-15-29-23(27)20-10-6-18(7-11-20)17-4-8-19(9-5-17)22(25)26/h3,16-20H,1,4-15H2,2H3,(H,25,26). The van der Waals surface area contributed by atoms with Crippen LogP contribution in [-0.4, -0.2) is 36.2 Å². The van der Waals surface area contributed by atoms with Crippen LogP contribution in [0.4, 0.5) is 0 Å². The van der Waals surface area contributed by atoms with E-state index in [0.717, 1.165) is 70.3 Å². The molecule has 0 saturated heterocycles. The summed E-state index contributed by atoms with van der Waals surface area (Å²) in [6.07, 6.45) is 10.1. The molecule has 29 heavy (non-hydrogen) atoms. The molecule has 2 fully saturated rings. The third-order valence-electron chi connectivity index (χ3n) is 6.77. The second-order valence-corrected chi connectivity index (χ2v) is 8.78. The zero-order valence-corrected chi connectivity index (χ0v) is 17.6. The van der Waals surface area contributed by atoms with Crippen LogP contribution in [0.15, 0.2) is 12.7 Å². The summed E-state index contributed by atoms with van der Waals surface area (Å²) in [6, 6.07) is 0. The van der Waals surface area contributed by atoms with Crippen molar-refractivity contribution >= 4 is 17.9 Å². The average molecular weight is 409 g/mol. The molecule has 0 aromatic carbocycles. The number of hydrogen-bond acceptors (Lipinski definition) is 5. The fourth-order valence-corrected chi connectivity index (χ4v) is 4.71. The van der Waals surface area contributed by atoms with Gasteiger partial charge in [-0.3, -0.25) is 9.59 Å². The maximum absolute atomic E-state index is 12.4. The van der Waals surface area contributed by atoms with Gasteiger partial charge in [0.2, 0.25) is 0 Å². The Balaban J connectivity index is 1.58. The molecule has 0 aromatic heterocycles. The lowest BCUT2D eigenvalue weighted by Crippen LogP contribution is -2.30. The zero-order chi connectivity index (χ0) is 21.2. The van der Waals surface area contributed by atoms with Crippen LogP contribution in [0.2, 0.25) is 0 Å². The van der Waals surface area contributed by atoms with Gasteiger partial charge in [-0.05, 0) is 82.0 Å². The van der Waals surface area contributed by atoms with E-state index in [1.54, 1.807) is 0 Å². The number of carboxylic acids is 1. The van der Waals surface area contributed by atoms with Gasteiger partial charge in [0.25, 0.3) is 0 Å². The fraction of sp³-hybridized carbons (Fsp3) is 0.783. The second-order valence-electron chi connectivity index (χ2n) is 8.78. The Labute approximate surface area is 174 Å². The molecule has 0 bridgehead atoms. The van der Waals surface area contributed by atoms with Crippen molar-refractivity contribution in [3.8, 4) is 0 Å². The third kappa shape index (κ3) is 7.82. The van der Waals surface area contributed by atoms with Crippen molar-refractivity contribution in [2.75, 3.05) is 13.2 Å². The number of carbonyl (C=O) groups excluding carboxylic acids is 2. The van der Waals surface area contributed by atoms with Gasteiger partial charge in [-0.25, -0.2) is 4.79 Å². The molecule has 0 aliphatic heterocycles. The predicted molar refractivity (Wildman–Crippen MR) is 109 cm³/mol. The number of carboxylic acid groups (broad SMARTS) is 1. The summed E-state index contributed by atoms with van der Waals surface area (Å²) in [5, 5.41) is 9.14. The lowest BCUT2D eigenvalue weighted by molar-refractivity contribution is -0.151. The van der Waals surface area contributed by atoms with Crippen LogP contribution >= 0.6 is 0 Å². The minimum Gasteiger partial charge on any atom is -0.481 e. The highest BCUT2D eigenvalue weighted by atomic mass is 16.5. The molecular formula is C23H36O6. The first-order valence-corrected chi connectivity index (χ1v) is 11.1. The Bertz CT molecular complexity index is 556. The number of rotatable bonds is 10. The smallest absolute Gasteiger partial charge is 0.330 e. The third-order valence-corrected chi connectivity index (χ3v) is 6.77. The molecule has 164 valence electrons. The van der Waals surface area contributed by atoms with Crippen LogP contribution in [0.3, 0.4) is 0 Å². The summed E-state index contributed by atoms with van der Waals surface area (Å²) in [6.45, 7) is 6.18. The number of ether oxygens (including phenoxy) is 2. The van der Waals surface area contributed by atoms with Gasteiger partial charge in [-0.2, -0.15) is 0 Å². The summed E-state index contributed by atoms with van der Waals surface area (Å²) in [4.78, 5) is 34.5. The zero-order valence-electron chi connectivity index (χ0n) is 17.6. The first-order chi connectivity index (χ1) is 13.9. The molecule has 1 unspecified atom stereocenters. The second kappa shape index (κ2) is 12.0. The lowest BCUT2D eigenvalue weighted by atomic mass is 9.69. The van der Waals surface area contributed by atoms with E-state index in [1.165, 1.54) is 0 Å². The number of hydrogen-bond donors (Lipinski definition) is 1. The SMILES string of the molecule is C=CC(=O)OCCC(C)CCOC(=O)C1CCC(C2CCC(C(=O)O)CC2)CC1. The maximum atomic E-state index is 12.4. The molecule has 1 atom stereocenters. The fourth-order valence-electron chi connectivity index (χ4n) is 4.71.